The summed E-state index contributed by atoms with van der Waals surface area (Å²) in [6, 6.07) is 5.54. The average Bonchev–Trinajstić information content (AvgIpc) is 2.24. The maximum Gasteiger partial charge on any atom is 0.411 e. The van der Waals surface area contributed by atoms with Gasteiger partial charge in [0, 0.05) is 16.7 Å². The Balaban J connectivity index is 2.18. The van der Waals surface area contributed by atoms with Crippen LogP contribution >= 0.6 is 34.2 Å². The van der Waals surface area contributed by atoms with Gasteiger partial charge in [-0.1, -0.05) is 11.6 Å². The lowest BCUT2D eigenvalue weighted by atomic mass is 10.3. The fourth-order valence-corrected chi connectivity index (χ4v) is 2.14. The van der Waals surface area contributed by atoms with Crippen molar-refractivity contribution < 1.29 is 17.9 Å². The zero-order chi connectivity index (χ0) is 13.6. The molecule has 1 rings (SSSR count). The number of alkyl halides is 3. The van der Waals surface area contributed by atoms with Gasteiger partial charge in [0.1, 0.15) is 6.61 Å². The minimum atomic E-state index is -4.26. The third-order valence-corrected chi connectivity index (χ3v) is 2.96. The Morgan fingerprint density at radius 1 is 1.33 bits per heavy atom. The van der Waals surface area contributed by atoms with E-state index in [1.54, 1.807) is 0 Å². The van der Waals surface area contributed by atoms with Gasteiger partial charge in [-0.15, -0.1) is 0 Å². The molecular weight excluding hydrogens is 381 g/mol. The lowest BCUT2D eigenvalue weighted by molar-refractivity contribution is -0.173. The summed E-state index contributed by atoms with van der Waals surface area (Å²) in [5.41, 5.74) is 0.771. The molecule has 0 aliphatic rings. The Bertz CT molecular complexity index is 387. The summed E-state index contributed by atoms with van der Waals surface area (Å²) in [7, 11) is 0. The summed E-state index contributed by atoms with van der Waals surface area (Å²) >= 11 is 8.13. The Morgan fingerprint density at radius 2 is 2.06 bits per heavy atom. The minimum absolute atomic E-state index is 0.0640. The van der Waals surface area contributed by atoms with Crippen molar-refractivity contribution in [3.05, 3.63) is 26.8 Å². The van der Waals surface area contributed by atoms with E-state index in [1.807, 2.05) is 18.2 Å². The summed E-state index contributed by atoms with van der Waals surface area (Å²) < 4.78 is 40.8. The smallest absolute Gasteiger partial charge is 0.384 e. The number of hydrogen-bond acceptors (Lipinski definition) is 2. The van der Waals surface area contributed by atoms with Gasteiger partial charge in [-0.05, 0) is 47.2 Å². The van der Waals surface area contributed by atoms with Crippen molar-refractivity contribution >= 4 is 39.9 Å². The molecule has 18 heavy (non-hydrogen) atoms. The van der Waals surface area contributed by atoms with Crippen LogP contribution in [0.25, 0.3) is 0 Å². The van der Waals surface area contributed by atoms with Gasteiger partial charge in [0.2, 0.25) is 0 Å². The van der Waals surface area contributed by atoms with E-state index in [-0.39, 0.29) is 6.61 Å². The molecule has 1 aromatic rings. The maximum atomic E-state index is 11.8. The number of ether oxygens (including phenoxy) is 1. The molecular formula is C11H12ClF3INO. The van der Waals surface area contributed by atoms with E-state index in [9.17, 15) is 13.2 Å². The molecule has 7 heteroatoms. The number of benzene rings is 1. The third kappa shape index (κ3) is 6.65. The standard InChI is InChI=1S/C11H12ClF3INO/c12-9-6-8(16)2-3-10(9)17-4-1-5-18-7-11(13,14)15/h2-3,6,17H,1,4-5,7H2. The molecule has 0 aliphatic heterocycles. The van der Waals surface area contributed by atoms with E-state index in [2.05, 4.69) is 32.6 Å². The third-order valence-electron chi connectivity index (χ3n) is 1.98. The molecule has 0 aliphatic carbocycles. The van der Waals surface area contributed by atoms with Crippen molar-refractivity contribution in [3.8, 4) is 0 Å². The molecule has 1 N–H and O–H groups in total. The highest BCUT2D eigenvalue weighted by molar-refractivity contribution is 14.1. The van der Waals surface area contributed by atoms with Gasteiger partial charge in [0.05, 0.1) is 10.7 Å². The molecule has 0 unspecified atom stereocenters. The van der Waals surface area contributed by atoms with Crippen molar-refractivity contribution in [2.75, 3.05) is 25.1 Å². The fourth-order valence-electron chi connectivity index (χ4n) is 1.22. The highest BCUT2D eigenvalue weighted by Gasteiger charge is 2.27. The first kappa shape index (κ1) is 15.8. The van der Waals surface area contributed by atoms with Crippen LogP contribution in [0.1, 0.15) is 6.42 Å². The van der Waals surface area contributed by atoms with Crippen LogP contribution in [0.3, 0.4) is 0 Å². The van der Waals surface area contributed by atoms with Crippen molar-refractivity contribution in [2.45, 2.75) is 12.6 Å². The van der Waals surface area contributed by atoms with E-state index in [4.69, 9.17) is 11.6 Å². The van der Waals surface area contributed by atoms with E-state index >= 15 is 0 Å². The number of nitrogens with one attached hydrogen (secondary N) is 1. The Morgan fingerprint density at radius 3 is 2.67 bits per heavy atom. The van der Waals surface area contributed by atoms with Gasteiger partial charge in [0.25, 0.3) is 0 Å². The molecule has 102 valence electrons. The Hall–Kier alpha value is -0.210. The van der Waals surface area contributed by atoms with Crippen LogP contribution in [-0.2, 0) is 4.74 Å². The predicted octanol–water partition coefficient (Wildman–Crippen LogP) is 4.33. The van der Waals surface area contributed by atoms with Crippen molar-refractivity contribution in [1.29, 1.82) is 0 Å². The summed E-state index contributed by atoms with van der Waals surface area (Å²) in [4.78, 5) is 0. The Labute approximate surface area is 122 Å². The number of halogens is 5. The molecule has 0 spiro atoms. The lowest BCUT2D eigenvalue weighted by Crippen LogP contribution is -2.18. The van der Waals surface area contributed by atoms with Gasteiger partial charge < -0.3 is 10.1 Å². The van der Waals surface area contributed by atoms with Crippen LogP contribution in [0.2, 0.25) is 5.02 Å². The second-order valence-corrected chi connectivity index (χ2v) is 5.23. The molecule has 0 amide bonds. The average molecular weight is 394 g/mol. The van der Waals surface area contributed by atoms with Crippen LogP contribution in [0.4, 0.5) is 18.9 Å². The van der Waals surface area contributed by atoms with E-state index in [0.717, 1.165) is 9.26 Å². The summed E-state index contributed by atoms with van der Waals surface area (Å²) in [5.74, 6) is 0. The van der Waals surface area contributed by atoms with Gasteiger partial charge in [0.15, 0.2) is 0 Å². The molecule has 0 fully saturated rings. The summed E-state index contributed by atoms with van der Waals surface area (Å²) in [6.45, 7) is -0.621. The number of rotatable bonds is 6. The van der Waals surface area contributed by atoms with Crippen molar-refractivity contribution in [2.24, 2.45) is 0 Å². The molecule has 0 saturated heterocycles. The molecule has 0 aromatic heterocycles. The molecule has 0 saturated carbocycles. The molecule has 0 heterocycles. The van der Waals surface area contributed by atoms with Crippen LogP contribution in [0.15, 0.2) is 18.2 Å². The Kier molecular flexibility index (Phi) is 6.51. The van der Waals surface area contributed by atoms with Crippen LogP contribution in [-0.4, -0.2) is 25.9 Å². The van der Waals surface area contributed by atoms with Crippen molar-refractivity contribution in [3.63, 3.8) is 0 Å². The zero-order valence-corrected chi connectivity index (χ0v) is 12.3. The van der Waals surface area contributed by atoms with Crippen LogP contribution < -0.4 is 5.32 Å². The van der Waals surface area contributed by atoms with Crippen molar-refractivity contribution in [1.82, 2.24) is 0 Å². The van der Waals surface area contributed by atoms with Crippen LogP contribution in [0, 0.1) is 3.57 Å². The first-order valence-electron chi connectivity index (χ1n) is 5.22. The predicted molar refractivity (Wildman–Crippen MR) is 74.1 cm³/mol. The minimum Gasteiger partial charge on any atom is -0.384 e. The first-order chi connectivity index (χ1) is 8.38. The molecule has 1 aromatic carbocycles. The van der Waals surface area contributed by atoms with E-state index in [1.165, 1.54) is 0 Å². The summed E-state index contributed by atoms with van der Waals surface area (Å²) in [6.07, 6.45) is -3.77. The lowest BCUT2D eigenvalue weighted by Gasteiger charge is -2.10. The topological polar surface area (TPSA) is 21.3 Å². The number of hydrogen-bond donors (Lipinski definition) is 1. The first-order valence-corrected chi connectivity index (χ1v) is 6.67. The zero-order valence-electron chi connectivity index (χ0n) is 9.36. The van der Waals surface area contributed by atoms with E-state index in [0.29, 0.717) is 18.0 Å². The highest BCUT2D eigenvalue weighted by atomic mass is 127. The maximum absolute atomic E-state index is 11.8. The van der Waals surface area contributed by atoms with Gasteiger partial charge in [-0.2, -0.15) is 13.2 Å². The largest absolute Gasteiger partial charge is 0.411 e. The second kappa shape index (κ2) is 7.40. The van der Waals surface area contributed by atoms with Gasteiger partial charge >= 0.3 is 6.18 Å². The quantitative estimate of drug-likeness (QED) is 0.574. The second-order valence-electron chi connectivity index (χ2n) is 3.57. The number of anilines is 1. The SMILES string of the molecule is FC(F)(F)COCCCNc1ccc(I)cc1Cl. The van der Waals surface area contributed by atoms with Gasteiger partial charge in [-0.3, -0.25) is 0 Å². The van der Waals surface area contributed by atoms with E-state index < -0.39 is 12.8 Å². The summed E-state index contributed by atoms with van der Waals surface area (Å²) in [5, 5.41) is 3.64. The van der Waals surface area contributed by atoms with Gasteiger partial charge in [-0.25, -0.2) is 0 Å². The molecule has 0 radical (unpaired) electrons. The van der Waals surface area contributed by atoms with Crippen LogP contribution in [0.5, 0.6) is 0 Å². The monoisotopic (exact) mass is 393 g/mol. The normalized spacial score (nSPS) is 11.6. The fraction of sp³-hybridized carbons (Fsp3) is 0.455. The molecule has 0 atom stereocenters. The molecule has 2 nitrogen and oxygen atoms in total. The highest BCUT2D eigenvalue weighted by Crippen LogP contribution is 2.23. The molecule has 0 bridgehead atoms.